The minimum Gasteiger partial charge on any atom is -0.490 e. The summed E-state index contributed by atoms with van der Waals surface area (Å²) in [6.07, 6.45) is 10.3. The second kappa shape index (κ2) is 8.23. The molecule has 2 fully saturated rings. The summed E-state index contributed by atoms with van der Waals surface area (Å²) < 4.78 is 14.3. The van der Waals surface area contributed by atoms with Gasteiger partial charge in [0.2, 0.25) is 0 Å². The maximum atomic E-state index is 6.13. The summed E-state index contributed by atoms with van der Waals surface area (Å²) in [6.45, 7) is 4.66. The molecule has 1 saturated carbocycles. The predicted molar refractivity (Wildman–Crippen MR) is 101 cm³/mol. The zero-order chi connectivity index (χ0) is 17.8. The van der Waals surface area contributed by atoms with Gasteiger partial charge in [-0.3, -0.25) is 0 Å². The normalized spacial score (nSPS) is 23.6. The molecule has 26 heavy (non-hydrogen) atoms. The second-order valence-electron chi connectivity index (χ2n) is 7.31. The van der Waals surface area contributed by atoms with Crippen LogP contribution in [0.15, 0.2) is 36.7 Å². The van der Waals surface area contributed by atoms with Crippen molar-refractivity contribution in [3.8, 4) is 5.75 Å². The van der Waals surface area contributed by atoms with E-state index in [2.05, 4.69) is 46.1 Å². The maximum Gasteiger partial charge on any atom is 0.139 e. The van der Waals surface area contributed by atoms with Crippen LogP contribution in [-0.4, -0.2) is 28.3 Å². The molecular weight excluding hydrogens is 326 g/mol. The Morgan fingerprint density at radius 2 is 2.15 bits per heavy atom. The summed E-state index contributed by atoms with van der Waals surface area (Å²) in [5.41, 5.74) is 1.25. The summed E-state index contributed by atoms with van der Waals surface area (Å²) >= 11 is 0. The lowest BCUT2D eigenvalue weighted by molar-refractivity contribution is 0.0886. The molecule has 2 heterocycles. The molecule has 1 aliphatic heterocycles. The average molecular weight is 355 g/mol. The molecule has 1 N–H and O–H groups in total. The van der Waals surface area contributed by atoms with Crippen molar-refractivity contribution < 1.29 is 9.47 Å². The van der Waals surface area contributed by atoms with Crippen molar-refractivity contribution in [2.45, 2.75) is 70.4 Å². The average Bonchev–Trinajstić information content (AvgIpc) is 3.41. The van der Waals surface area contributed by atoms with E-state index in [0.717, 1.165) is 37.7 Å². The first-order valence-corrected chi connectivity index (χ1v) is 9.95. The fourth-order valence-electron chi connectivity index (χ4n) is 4.07. The van der Waals surface area contributed by atoms with Crippen LogP contribution in [0.3, 0.4) is 0 Å². The molecule has 0 amide bonds. The van der Waals surface area contributed by atoms with Crippen LogP contribution >= 0.6 is 0 Å². The first-order chi connectivity index (χ1) is 12.8. The maximum absolute atomic E-state index is 6.13. The molecule has 1 aromatic heterocycles. The highest BCUT2D eigenvalue weighted by molar-refractivity contribution is 5.29. The predicted octanol–water partition coefficient (Wildman–Crippen LogP) is 3.84. The quantitative estimate of drug-likeness (QED) is 0.820. The van der Waals surface area contributed by atoms with E-state index in [-0.39, 0.29) is 6.10 Å². The van der Waals surface area contributed by atoms with Gasteiger partial charge < -0.3 is 19.4 Å². The van der Waals surface area contributed by atoms with Gasteiger partial charge in [-0.2, -0.15) is 0 Å². The summed E-state index contributed by atoms with van der Waals surface area (Å²) in [4.78, 5) is 4.52. The molecule has 2 aliphatic rings. The standard InChI is InChI=1S/C21H29N3O2/c1-2-24-12-11-22-21(24)20-19(10-13-25-20)23-15-16-6-5-9-18(14-16)26-17-7-3-4-8-17/h5-6,9,11-12,14,17,19-20,23H,2-4,7-8,10,13,15H2,1H3/t19-,20-/m0/s1. The van der Waals surface area contributed by atoms with E-state index >= 15 is 0 Å². The first kappa shape index (κ1) is 17.6. The van der Waals surface area contributed by atoms with Crippen LogP contribution in [0.25, 0.3) is 0 Å². The van der Waals surface area contributed by atoms with Crippen molar-refractivity contribution in [3.63, 3.8) is 0 Å². The molecule has 5 nitrogen and oxygen atoms in total. The summed E-state index contributed by atoms with van der Waals surface area (Å²) in [5, 5.41) is 3.67. The Morgan fingerprint density at radius 3 is 3.00 bits per heavy atom. The molecule has 1 aromatic carbocycles. The topological polar surface area (TPSA) is 48.3 Å². The van der Waals surface area contributed by atoms with Gasteiger partial charge in [0.15, 0.2) is 0 Å². The minimum atomic E-state index is 0.0304. The smallest absolute Gasteiger partial charge is 0.139 e. The van der Waals surface area contributed by atoms with Crippen molar-refractivity contribution >= 4 is 0 Å². The van der Waals surface area contributed by atoms with Crippen molar-refractivity contribution in [2.75, 3.05) is 6.61 Å². The Bertz CT molecular complexity index is 709. The minimum absolute atomic E-state index is 0.0304. The molecule has 0 bridgehead atoms. The SMILES string of the molecule is CCn1ccnc1[C@H]1OCC[C@@H]1NCc1cccc(OC2CCCC2)c1. The third-order valence-corrected chi connectivity index (χ3v) is 5.51. The molecule has 5 heteroatoms. The van der Waals surface area contributed by atoms with Crippen LogP contribution in [0.5, 0.6) is 5.75 Å². The highest BCUT2D eigenvalue weighted by atomic mass is 16.5. The number of aryl methyl sites for hydroxylation is 1. The van der Waals surface area contributed by atoms with Gasteiger partial charge in [-0.15, -0.1) is 0 Å². The van der Waals surface area contributed by atoms with Gasteiger partial charge in [0.25, 0.3) is 0 Å². The van der Waals surface area contributed by atoms with Crippen LogP contribution in [-0.2, 0) is 17.8 Å². The Balaban J connectivity index is 1.37. The molecule has 2 atom stereocenters. The Morgan fingerprint density at radius 1 is 1.27 bits per heavy atom. The number of imidazole rings is 1. The van der Waals surface area contributed by atoms with Crippen molar-refractivity contribution in [1.82, 2.24) is 14.9 Å². The van der Waals surface area contributed by atoms with Gasteiger partial charge in [0, 0.05) is 38.1 Å². The van der Waals surface area contributed by atoms with E-state index in [9.17, 15) is 0 Å². The van der Waals surface area contributed by atoms with E-state index in [1.54, 1.807) is 0 Å². The Hall–Kier alpha value is -1.85. The molecule has 0 spiro atoms. The lowest BCUT2D eigenvalue weighted by Gasteiger charge is -2.20. The third-order valence-electron chi connectivity index (χ3n) is 5.51. The lowest BCUT2D eigenvalue weighted by atomic mass is 10.1. The molecule has 2 aromatic rings. The number of hydrogen-bond acceptors (Lipinski definition) is 4. The number of rotatable bonds is 7. The second-order valence-corrected chi connectivity index (χ2v) is 7.31. The van der Waals surface area contributed by atoms with Crippen LogP contribution in [0, 0.1) is 0 Å². The monoisotopic (exact) mass is 355 g/mol. The molecule has 0 radical (unpaired) electrons. The fraction of sp³-hybridized carbons (Fsp3) is 0.571. The van der Waals surface area contributed by atoms with Crippen LogP contribution in [0.1, 0.15) is 56.5 Å². The van der Waals surface area contributed by atoms with Crippen molar-refractivity contribution in [2.24, 2.45) is 0 Å². The van der Waals surface area contributed by atoms with Gasteiger partial charge >= 0.3 is 0 Å². The molecule has 1 aliphatic carbocycles. The largest absolute Gasteiger partial charge is 0.490 e. The summed E-state index contributed by atoms with van der Waals surface area (Å²) in [5.74, 6) is 2.03. The Labute approximate surface area is 155 Å². The summed E-state index contributed by atoms with van der Waals surface area (Å²) in [7, 11) is 0. The van der Waals surface area contributed by atoms with Crippen molar-refractivity contribution in [1.29, 1.82) is 0 Å². The molecule has 4 rings (SSSR count). The highest BCUT2D eigenvalue weighted by Crippen LogP contribution is 2.29. The summed E-state index contributed by atoms with van der Waals surface area (Å²) in [6, 6.07) is 8.78. The van der Waals surface area contributed by atoms with Gasteiger partial charge in [-0.25, -0.2) is 4.98 Å². The lowest BCUT2D eigenvalue weighted by Crippen LogP contribution is -2.32. The highest BCUT2D eigenvalue weighted by Gasteiger charge is 2.32. The molecular formula is C21H29N3O2. The third kappa shape index (κ3) is 3.94. The van der Waals surface area contributed by atoms with E-state index in [1.807, 2.05) is 12.4 Å². The fourth-order valence-corrected chi connectivity index (χ4v) is 4.07. The number of nitrogens with zero attached hydrogens (tertiary/aromatic N) is 2. The first-order valence-electron chi connectivity index (χ1n) is 9.95. The van der Waals surface area contributed by atoms with Gasteiger partial charge in [-0.1, -0.05) is 12.1 Å². The molecule has 1 saturated heterocycles. The Kier molecular flexibility index (Phi) is 5.56. The van der Waals surface area contributed by atoms with Crippen LogP contribution < -0.4 is 10.1 Å². The van der Waals surface area contributed by atoms with E-state index in [1.165, 1.54) is 31.2 Å². The van der Waals surface area contributed by atoms with Gasteiger partial charge in [0.1, 0.15) is 17.7 Å². The van der Waals surface area contributed by atoms with E-state index in [4.69, 9.17) is 9.47 Å². The molecule has 140 valence electrons. The van der Waals surface area contributed by atoms with Crippen molar-refractivity contribution in [3.05, 3.63) is 48.0 Å². The van der Waals surface area contributed by atoms with Gasteiger partial charge in [-0.05, 0) is 56.7 Å². The van der Waals surface area contributed by atoms with E-state index < -0.39 is 0 Å². The van der Waals surface area contributed by atoms with E-state index in [0.29, 0.717) is 12.1 Å². The number of hydrogen-bond donors (Lipinski definition) is 1. The zero-order valence-corrected chi connectivity index (χ0v) is 15.6. The number of benzene rings is 1. The number of ether oxygens (including phenoxy) is 2. The van der Waals surface area contributed by atoms with Crippen LogP contribution in [0.4, 0.5) is 0 Å². The molecule has 0 unspecified atom stereocenters. The number of nitrogens with one attached hydrogen (secondary N) is 1. The zero-order valence-electron chi connectivity index (χ0n) is 15.6. The van der Waals surface area contributed by atoms with Gasteiger partial charge in [0.05, 0.1) is 6.10 Å². The number of aromatic nitrogens is 2. The van der Waals surface area contributed by atoms with Crippen LogP contribution in [0.2, 0.25) is 0 Å².